The minimum atomic E-state index is -0.360. The SMILES string of the molecule is CCC(Nc1ccc(F)c(Cl)c1)C1CC1. The summed E-state index contributed by atoms with van der Waals surface area (Å²) in [5, 5.41) is 3.59. The molecule has 1 saturated carbocycles. The number of rotatable bonds is 4. The summed E-state index contributed by atoms with van der Waals surface area (Å²) >= 11 is 5.72. The highest BCUT2D eigenvalue weighted by Crippen LogP contribution is 2.35. The van der Waals surface area contributed by atoms with Gasteiger partial charge in [0.1, 0.15) is 5.82 Å². The van der Waals surface area contributed by atoms with Gasteiger partial charge in [-0.05, 0) is 43.4 Å². The molecule has 0 radical (unpaired) electrons. The maximum atomic E-state index is 12.9. The van der Waals surface area contributed by atoms with E-state index >= 15 is 0 Å². The van der Waals surface area contributed by atoms with Crippen LogP contribution in [0.15, 0.2) is 18.2 Å². The number of nitrogens with one attached hydrogen (secondary N) is 1. The van der Waals surface area contributed by atoms with Crippen molar-refractivity contribution >= 4 is 17.3 Å². The predicted octanol–water partition coefficient (Wildman–Crippen LogP) is 4.08. The number of halogens is 2. The van der Waals surface area contributed by atoms with Crippen molar-refractivity contribution in [1.29, 1.82) is 0 Å². The van der Waals surface area contributed by atoms with E-state index in [-0.39, 0.29) is 10.8 Å². The quantitative estimate of drug-likeness (QED) is 0.817. The molecule has 0 aromatic heterocycles. The highest BCUT2D eigenvalue weighted by Gasteiger charge is 2.29. The standard InChI is InChI=1S/C12H15ClFN/c1-2-12(8-3-4-8)15-9-5-6-11(14)10(13)7-9/h5-8,12,15H,2-4H2,1H3. The normalized spacial score (nSPS) is 17.5. The molecule has 15 heavy (non-hydrogen) atoms. The van der Waals surface area contributed by atoms with E-state index in [9.17, 15) is 4.39 Å². The van der Waals surface area contributed by atoms with Crippen LogP contribution in [0.3, 0.4) is 0 Å². The molecule has 1 aromatic rings. The maximum Gasteiger partial charge on any atom is 0.141 e. The molecule has 1 nitrogen and oxygen atoms in total. The average Bonchev–Trinajstić information content (AvgIpc) is 3.03. The van der Waals surface area contributed by atoms with Gasteiger partial charge in [0.25, 0.3) is 0 Å². The highest BCUT2D eigenvalue weighted by atomic mass is 35.5. The number of benzene rings is 1. The molecule has 0 aliphatic heterocycles. The maximum absolute atomic E-state index is 12.9. The molecule has 0 amide bonds. The van der Waals surface area contributed by atoms with Crippen molar-refractivity contribution in [3.05, 3.63) is 29.0 Å². The first kappa shape index (κ1) is 10.7. The van der Waals surface area contributed by atoms with Crippen molar-refractivity contribution in [2.45, 2.75) is 32.2 Å². The van der Waals surface area contributed by atoms with Gasteiger partial charge in [-0.25, -0.2) is 4.39 Å². The third-order valence-corrected chi connectivity index (χ3v) is 3.19. The molecule has 0 saturated heterocycles. The summed E-state index contributed by atoms with van der Waals surface area (Å²) in [6.07, 6.45) is 3.71. The first-order valence-corrected chi connectivity index (χ1v) is 5.80. The van der Waals surface area contributed by atoms with E-state index in [1.54, 1.807) is 12.1 Å². The van der Waals surface area contributed by atoms with Crippen molar-refractivity contribution < 1.29 is 4.39 Å². The summed E-state index contributed by atoms with van der Waals surface area (Å²) in [6, 6.07) is 5.31. The molecule has 1 aliphatic rings. The lowest BCUT2D eigenvalue weighted by Crippen LogP contribution is -2.20. The van der Waals surface area contributed by atoms with Crippen LogP contribution in [0.2, 0.25) is 5.02 Å². The lowest BCUT2D eigenvalue weighted by Gasteiger charge is -2.17. The number of hydrogen-bond acceptors (Lipinski definition) is 1. The number of anilines is 1. The zero-order valence-electron chi connectivity index (χ0n) is 8.76. The Morgan fingerprint density at radius 2 is 2.27 bits per heavy atom. The van der Waals surface area contributed by atoms with E-state index in [0.717, 1.165) is 18.0 Å². The summed E-state index contributed by atoms with van der Waals surface area (Å²) in [5.41, 5.74) is 0.917. The fourth-order valence-corrected chi connectivity index (χ4v) is 2.03. The molecule has 1 fully saturated rings. The van der Waals surface area contributed by atoms with Crippen LogP contribution < -0.4 is 5.32 Å². The largest absolute Gasteiger partial charge is 0.382 e. The van der Waals surface area contributed by atoms with Gasteiger partial charge in [-0.3, -0.25) is 0 Å². The van der Waals surface area contributed by atoms with Crippen LogP contribution in [-0.4, -0.2) is 6.04 Å². The van der Waals surface area contributed by atoms with Gasteiger partial charge in [0, 0.05) is 11.7 Å². The van der Waals surface area contributed by atoms with Crippen LogP contribution >= 0.6 is 11.6 Å². The highest BCUT2D eigenvalue weighted by molar-refractivity contribution is 6.31. The molecule has 2 rings (SSSR count). The van der Waals surface area contributed by atoms with E-state index in [1.807, 2.05) is 0 Å². The van der Waals surface area contributed by atoms with Crippen LogP contribution in [0.4, 0.5) is 10.1 Å². The molecule has 1 unspecified atom stereocenters. The predicted molar refractivity (Wildman–Crippen MR) is 61.8 cm³/mol. The fraction of sp³-hybridized carbons (Fsp3) is 0.500. The first-order valence-electron chi connectivity index (χ1n) is 5.42. The first-order chi connectivity index (χ1) is 7.20. The Morgan fingerprint density at radius 3 is 2.80 bits per heavy atom. The van der Waals surface area contributed by atoms with Gasteiger partial charge in [0.15, 0.2) is 0 Å². The van der Waals surface area contributed by atoms with Crippen LogP contribution in [0, 0.1) is 11.7 Å². The second-order valence-corrected chi connectivity index (χ2v) is 4.53. The minimum absolute atomic E-state index is 0.186. The van der Waals surface area contributed by atoms with Crippen LogP contribution in [0.25, 0.3) is 0 Å². The molecule has 3 heteroatoms. The Balaban J connectivity index is 2.05. The zero-order valence-corrected chi connectivity index (χ0v) is 9.52. The molecule has 0 spiro atoms. The van der Waals surface area contributed by atoms with Crippen molar-refractivity contribution in [3.8, 4) is 0 Å². The van der Waals surface area contributed by atoms with Crippen LogP contribution in [0.5, 0.6) is 0 Å². The molecule has 82 valence electrons. The zero-order chi connectivity index (χ0) is 10.8. The Morgan fingerprint density at radius 1 is 1.53 bits per heavy atom. The van der Waals surface area contributed by atoms with Gasteiger partial charge < -0.3 is 5.32 Å². The lowest BCUT2D eigenvalue weighted by molar-refractivity contribution is 0.614. The van der Waals surface area contributed by atoms with E-state index in [4.69, 9.17) is 11.6 Å². The van der Waals surface area contributed by atoms with E-state index in [0.29, 0.717) is 6.04 Å². The number of hydrogen-bond donors (Lipinski definition) is 1. The second-order valence-electron chi connectivity index (χ2n) is 4.13. The second kappa shape index (κ2) is 4.40. The third-order valence-electron chi connectivity index (χ3n) is 2.90. The minimum Gasteiger partial charge on any atom is -0.382 e. The fourth-order valence-electron chi connectivity index (χ4n) is 1.85. The van der Waals surface area contributed by atoms with Gasteiger partial charge in [0.2, 0.25) is 0 Å². The summed E-state index contributed by atoms with van der Waals surface area (Å²) in [4.78, 5) is 0. The van der Waals surface area contributed by atoms with Gasteiger partial charge in [-0.15, -0.1) is 0 Å². The van der Waals surface area contributed by atoms with Crippen molar-refractivity contribution in [1.82, 2.24) is 0 Å². The monoisotopic (exact) mass is 227 g/mol. The molecule has 1 atom stereocenters. The molecular formula is C12H15ClFN. The molecule has 1 aliphatic carbocycles. The molecule has 0 heterocycles. The van der Waals surface area contributed by atoms with E-state index in [2.05, 4.69) is 12.2 Å². The summed E-state index contributed by atoms with van der Waals surface area (Å²) in [5.74, 6) is 0.431. The van der Waals surface area contributed by atoms with Crippen molar-refractivity contribution in [3.63, 3.8) is 0 Å². The topological polar surface area (TPSA) is 12.0 Å². The van der Waals surface area contributed by atoms with Gasteiger partial charge in [0.05, 0.1) is 5.02 Å². The smallest absolute Gasteiger partial charge is 0.141 e. The Kier molecular flexibility index (Phi) is 3.15. The van der Waals surface area contributed by atoms with Crippen LogP contribution in [0.1, 0.15) is 26.2 Å². The van der Waals surface area contributed by atoms with E-state index < -0.39 is 0 Å². The van der Waals surface area contributed by atoms with E-state index in [1.165, 1.54) is 18.9 Å². The lowest BCUT2D eigenvalue weighted by atomic mass is 10.1. The summed E-state index contributed by atoms with van der Waals surface area (Å²) in [7, 11) is 0. The van der Waals surface area contributed by atoms with Gasteiger partial charge in [-0.2, -0.15) is 0 Å². The van der Waals surface area contributed by atoms with Gasteiger partial charge >= 0.3 is 0 Å². The third kappa shape index (κ3) is 2.63. The molecule has 0 bridgehead atoms. The van der Waals surface area contributed by atoms with Crippen LogP contribution in [-0.2, 0) is 0 Å². The molecular weight excluding hydrogens is 213 g/mol. The average molecular weight is 228 g/mol. The summed E-state index contributed by atoms with van der Waals surface area (Å²) in [6.45, 7) is 2.17. The Labute approximate surface area is 94.6 Å². The Bertz CT molecular complexity index is 349. The molecule has 1 N–H and O–H groups in total. The van der Waals surface area contributed by atoms with Crippen molar-refractivity contribution in [2.24, 2.45) is 5.92 Å². The Hall–Kier alpha value is -0.760. The molecule has 1 aromatic carbocycles. The summed E-state index contributed by atoms with van der Waals surface area (Å²) < 4.78 is 12.9. The van der Waals surface area contributed by atoms with Crippen molar-refractivity contribution in [2.75, 3.05) is 5.32 Å². The van der Waals surface area contributed by atoms with Gasteiger partial charge in [-0.1, -0.05) is 18.5 Å².